The topological polar surface area (TPSA) is 79.6 Å². The van der Waals surface area contributed by atoms with Crippen molar-refractivity contribution in [3.8, 4) is 0 Å². The molecule has 3 aromatic rings. The lowest BCUT2D eigenvalue weighted by atomic mass is 10.00. The van der Waals surface area contributed by atoms with Crippen LogP contribution in [-0.2, 0) is 0 Å². The van der Waals surface area contributed by atoms with Crippen molar-refractivity contribution in [3.63, 3.8) is 0 Å². The van der Waals surface area contributed by atoms with Crippen LogP contribution in [0.4, 0.5) is 0 Å². The number of hydrogen-bond donors (Lipinski definition) is 3. The number of para-hydroxylation sites is 1. The Kier molecular flexibility index (Phi) is 3.44. The maximum atomic E-state index is 10.2. The molecule has 0 amide bonds. The van der Waals surface area contributed by atoms with Crippen molar-refractivity contribution in [2.75, 3.05) is 6.54 Å². The summed E-state index contributed by atoms with van der Waals surface area (Å²) in [6, 6.07) is 13.2. The molecule has 0 spiro atoms. The lowest BCUT2D eigenvalue weighted by Crippen LogP contribution is -2.21. The van der Waals surface area contributed by atoms with E-state index in [9.17, 15) is 10.2 Å². The molecule has 1 heterocycles. The molecule has 0 aliphatic rings. The summed E-state index contributed by atoms with van der Waals surface area (Å²) in [7, 11) is 0. The van der Waals surface area contributed by atoms with E-state index in [4.69, 9.17) is 10.2 Å². The molecule has 1 aromatic heterocycles. The molecule has 0 aliphatic carbocycles. The Morgan fingerprint density at radius 3 is 2.55 bits per heavy atom. The molecule has 0 saturated heterocycles. The van der Waals surface area contributed by atoms with Crippen LogP contribution in [0.25, 0.3) is 21.9 Å². The molecule has 2 aromatic carbocycles. The molecule has 3 rings (SSSR count). The molecule has 2 unspecified atom stereocenters. The predicted molar refractivity (Wildman–Crippen MR) is 78.4 cm³/mol. The number of nitrogens with two attached hydrogens (primary N) is 1. The average molecular weight is 271 g/mol. The average Bonchev–Trinajstić information content (AvgIpc) is 2.84. The van der Waals surface area contributed by atoms with E-state index in [1.807, 2.05) is 36.4 Å². The van der Waals surface area contributed by atoms with Crippen molar-refractivity contribution < 1.29 is 14.6 Å². The summed E-state index contributed by atoms with van der Waals surface area (Å²) in [5.74, 6) is 0. The molecule has 2 atom stereocenters. The zero-order valence-corrected chi connectivity index (χ0v) is 11.0. The smallest absolute Gasteiger partial charge is 0.135 e. The first-order chi connectivity index (χ1) is 9.70. The molecule has 4 N–H and O–H groups in total. The van der Waals surface area contributed by atoms with E-state index in [-0.39, 0.29) is 0 Å². The number of furan rings is 1. The minimum Gasteiger partial charge on any atom is -0.456 e. The number of hydrogen-bond acceptors (Lipinski definition) is 4. The van der Waals surface area contributed by atoms with Gasteiger partial charge in [-0.05, 0) is 36.7 Å². The monoisotopic (exact) mass is 271 g/mol. The first kappa shape index (κ1) is 13.1. The molecule has 0 bridgehead atoms. The number of benzene rings is 2. The van der Waals surface area contributed by atoms with Gasteiger partial charge in [-0.15, -0.1) is 0 Å². The molecule has 0 fully saturated rings. The molecule has 0 aliphatic heterocycles. The molecular formula is C16H17NO3. The summed E-state index contributed by atoms with van der Waals surface area (Å²) in [5.41, 5.74) is 7.67. The number of aliphatic hydroxyl groups excluding tert-OH is 2. The third kappa shape index (κ3) is 2.18. The Labute approximate surface area is 116 Å². The summed E-state index contributed by atoms with van der Waals surface area (Å²) in [6.07, 6.45) is -1.42. The van der Waals surface area contributed by atoms with Crippen LogP contribution in [0, 0.1) is 0 Å². The van der Waals surface area contributed by atoms with Crippen LogP contribution in [-0.4, -0.2) is 22.9 Å². The number of rotatable bonds is 4. The lowest BCUT2D eigenvalue weighted by Gasteiger charge is -2.17. The van der Waals surface area contributed by atoms with Crippen molar-refractivity contribution in [2.24, 2.45) is 5.73 Å². The second-order valence-corrected chi connectivity index (χ2v) is 4.94. The van der Waals surface area contributed by atoms with Crippen LogP contribution in [0.2, 0.25) is 0 Å². The molecular weight excluding hydrogens is 254 g/mol. The van der Waals surface area contributed by atoms with Crippen molar-refractivity contribution in [3.05, 3.63) is 48.0 Å². The van der Waals surface area contributed by atoms with Gasteiger partial charge in [-0.2, -0.15) is 0 Å². The number of fused-ring (bicyclic) bond motifs is 3. The van der Waals surface area contributed by atoms with Gasteiger partial charge < -0.3 is 20.4 Å². The van der Waals surface area contributed by atoms with Gasteiger partial charge in [0.15, 0.2) is 0 Å². The fourth-order valence-electron chi connectivity index (χ4n) is 2.48. The third-order valence-corrected chi connectivity index (χ3v) is 3.57. The highest BCUT2D eigenvalue weighted by atomic mass is 16.3. The predicted octanol–water partition coefficient (Wildman–Crippen LogP) is 2.33. The minimum atomic E-state index is -0.934. The maximum Gasteiger partial charge on any atom is 0.135 e. The van der Waals surface area contributed by atoms with Crippen LogP contribution in [0.5, 0.6) is 0 Å². The minimum absolute atomic E-state index is 0.342. The molecule has 4 heteroatoms. The zero-order chi connectivity index (χ0) is 14.1. The SMILES string of the molecule is NCCC(O)C(O)c1ccc2oc3ccccc3c2c1. The maximum absolute atomic E-state index is 10.2. The summed E-state index contributed by atoms with van der Waals surface area (Å²) < 4.78 is 5.73. The Bertz CT molecular complexity index is 735. The second kappa shape index (κ2) is 5.25. The van der Waals surface area contributed by atoms with E-state index in [0.29, 0.717) is 18.5 Å². The summed E-state index contributed by atoms with van der Waals surface area (Å²) in [5, 5.41) is 22.0. The first-order valence-corrected chi connectivity index (χ1v) is 6.68. The molecule has 20 heavy (non-hydrogen) atoms. The van der Waals surface area contributed by atoms with Crippen LogP contribution < -0.4 is 5.73 Å². The molecule has 104 valence electrons. The van der Waals surface area contributed by atoms with E-state index in [1.165, 1.54) is 0 Å². The Morgan fingerprint density at radius 1 is 1.00 bits per heavy atom. The van der Waals surface area contributed by atoms with Crippen molar-refractivity contribution in [1.82, 2.24) is 0 Å². The van der Waals surface area contributed by atoms with Crippen LogP contribution in [0.15, 0.2) is 46.9 Å². The van der Waals surface area contributed by atoms with E-state index >= 15 is 0 Å². The highest BCUT2D eigenvalue weighted by molar-refractivity contribution is 6.04. The summed E-state index contributed by atoms with van der Waals surface area (Å²) >= 11 is 0. The third-order valence-electron chi connectivity index (χ3n) is 3.57. The van der Waals surface area contributed by atoms with Gasteiger partial charge in [0.1, 0.15) is 17.3 Å². The van der Waals surface area contributed by atoms with Gasteiger partial charge in [-0.3, -0.25) is 0 Å². The van der Waals surface area contributed by atoms with Crippen LogP contribution in [0.1, 0.15) is 18.1 Å². The van der Waals surface area contributed by atoms with E-state index < -0.39 is 12.2 Å². The van der Waals surface area contributed by atoms with Crippen LogP contribution in [0.3, 0.4) is 0 Å². The summed E-state index contributed by atoms with van der Waals surface area (Å²) in [4.78, 5) is 0. The fraction of sp³-hybridized carbons (Fsp3) is 0.250. The van der Waals surface area contributed by atoms with Gasteiger partial charge in [0, 0.05) is 10.8 Å². The van der Waals surface area contributed by atoms with Gasteiger partial charge in [0.2, 0.25) is 0 Å². The largest absolute Gasteiger partial charge is 0.456 e. The first-order valence-electron chi connectivity index (χ1n) is 6.68. The van der Waals surface area contributed by atoms with Crippen molar-refractivity contribution in [2.45, 2.75) is 18.6 Å². The zero-order valence-electron chi connectivity index (χ0n) is 11.0. The van der Waals surface area contributed by atoms with Gasteiger partial charge in [0.05, 0.1) is 6.10 Å². The summed E-state index contributed by atoms with van der Waals surface area (Å²) in [6.45, 7) is 0.342. The van der Waals surface area contributed by atoms with Crippen molar-refractivity contribution >= 4 is 21.9 Å². The molecule has 4 nitrogen and oxygen atoms in total. The Hall–Kier alpha value is -1.88. The van der Waals surface area contributed by atoms with Gasteiger partial charge in [-0.25, -0.2) is 0 Å². The van der Waals surface area contributed by atoms with E-state index in [2.05, 4.69) is 0 Å². The van der Waals surface area contributed by atoms with Gasteiger partial charge in [0.25, 0.3) is 0 Å². The molecule has 0 saturated carbocycles. The lowest BCUT2D eigenvalue weighted by molar-refractivity contribution is 0.0151. The molecule has 0 radical (unpaired) electrons. The highest BCUT2D eigenvalue weighted by Gasteiger charge is 2.18. The number of aliphatic hydroxyl groups is 2. The van der Waals surface area contributed by atoms with Gasteiger partial charge >= 0.3 is 0 Å². The van der Waals surface area contributed by atoms with E-state index in [0.717, 1.165) is 21.9 Å². The fourth-order valence-corrected chi connectivity index (χ4v) is 2.48. The van der Waals surface area contributed by atoms with Gasteiger partial charge in [-0.1, -0.05) is 24.3 Å². The van der Waals surface area contributed by atoms with Crippen LogP contribution >= 0.6 is 0 Å². The Morgan fingerprint density at radius 2 is 1.75 bits per heavy atom. The standard InChI is InChI=1S/C16H17NO3/c17-8-7-13(18)16(19)10-5-6-15-12(9-10)11-3-1-2-4-14(11)20-15/h1-6,9,13,16,18-19H,7-8,17H2. The highest BCUT2D eigenvalue weighted by Crippen LogP contribution is 2.31. The normalized spacial score (nSPS) is 14.8. The second-order valence-electron chi connectivity index (χ2n) is 4.94. The quantitative estimate of drug-likeness (QED) is 0.680. The van der Waals surface area contributed by atoms with Crippen molar-refractivity contribution in [1.29, 1.82) is 0 Å². The van der Waals surface area contributed by atoms with E-state index in [1.54, 1.807) is 6.07 Å². The Balaban J connectivity index is 2.07.